The van der Waals surface area contributed by atoms with E-state index in [0.29, 0.717) is 19.4 Å². The first-order valence-corrected chi connectivity index (χ1v) is 10.4. The number of rotatable bonds is 2. The van der Waals surface area contributed by atoms with Crippen molar-refractivity contribution in [3.8, 4) is 0 Å². The standard InChI is InChI=1S/C22H29NO5/c1-20-6-5-14(25)7-12(20)3-4-15-16-8-13-10-23-28-22(13,18(27)11-24)21(16,2)9-17(26)19(15)20/h3,5-6,13,15-17,19,23-24,26H,4,7-11H2,1-2H3/t13-,15-,16-,17-,19+,20-,21-,22-/m0/s1. The highest BCUT2D eigenvalue weighted by atomic mass is 16.7. The molecular weight excluding hydrogens is 358 g/mol. The number of ketones is 2. The summed E-state index contributed by atoms with van der Waals surface area (Å²) >= 11 is 0. The van der Waals surface area contributed by atoms with Crippen molar-refractivity contribution < 1.29 is 24.6 Å². The molecule has 6 heteroatoms. The van der Waals surface area contributed by atoms with Crippen LogP contribution in [-0.4, -0.2) is 46.6 Å². The smallest absolute Gasteiger partial charge is 0.192 e. The van der Waals surface area contributed by atoms with Gasteiger partial charge >= 0.3 is 0 Å². The van der Waals surface area contributed by atoms with Gasteiger partial charge in [-0.2, -0.15) is 0 Å². The molecule has 5 aliphatic rings. The molecular formula is C22H29NO5. The average Bonchev–Trinajstić information content (AvgIpc) is 3.18. The van der Waals surface area contributed by atoms with Crippen molar-refractivity contribution in [1.29, 1.82) is 0 Å². The molecule has 6 nitrogen and oxygen atoms in total. The number of carbonyl (C=O) groups excluding carboxylic acids is 2. The van der Waals surface area contributed by atoms with Crippen molar-refractivity contribution in [1.82, 2.24) is 5.48 Å². The number of Topliss-reactive ketones (excluding diaryl/α,β-unsaturated/α-hetero) is 1. The third-order valence-corrected chi connectivity index (χ3v) is 8.93. The molecule has 1 saturated heterocycles. The van der Waals surface area contributed by atoms with Gasteiger partial charge in [-0.3, -0.25) is 14.4 Å². The van der Waals surface area contributed by atoms with Crippen LogP contribution in [0.5, 0.6) is 0 Å². The molecule has 1 heterocycles. The monoisotopic (exact) mass is 387 g/mol. The molecule has 0 bridgehead atoms. The summed E-state index contributed by atoms with van der Waals surface area (Å²) in [5.74, 6) is 0.332. The lowest BCUT2D eigenvalue weighted by molar-refractivity contribution is -0.197. The van der Waals surface area contributed by atoms with Gasteiger partial charge in [0.15, 0.2) is 17.2 Å². The fraction of sp³-hybridized carbons (Fsp3) is 0.727. The molecule has 8 atom stereocenters. The van der Waals surface area contributed by atoms with Crippen LogP contribution < -0.4 is 5.48 Å². The van der Waals surface area contributed by atoms with Gasteiger partial charge in [-0.15, -0.1) is 0 Å². The lowest BCUT2D eigenvalue weighted by Gasteiger charge is -2.59. The third kappa shape index (κ3) is 2.02. The van der Waals surface area contributed by atoms with Crippen molar-refractivity contribution in [3.05, 3.63) is 23.8 Å². The second kappa shape index (κ2) is 5.85. The third-order valence-electron chi connectivity index (χ3n) is 8.93. The van der Waals surface area contributed by atoms with E-state index in [1.807, 2.05) is 6.08 Å². The maximum atomic E-state index is 12.9. The van der Waals surface area contributed by atoms with E-state index in [0.717, 1.165) is 18.4 Å². The van der Waals surface area contributed by atoms with Gasteiger partial charge in [0, 0.05) is 35.6 Å². The van der Waals surface area contributed by atoms with Gasteiger partial charge < -0.3 is 10.2 Å². The Labute approximate surface area is 165 Å². The molecule has 28 heavy (non-hydrogen) atoms. The number of aliphatic hydroxyl groups excluding tert-OH is 2. The SMILES string of the molecule is C[C@]12C=CC(=O)CC1=CC[C@@H]1[C@@H]2[C@@H](O)C[C@@]2(C)[C@H]1C[C@H]1CNO[C@]12C(=O)CO. The summed E-state index contributed by atoms with van der Waals surface area (Å²) in [5, 5.41) is 21.1. The van der Waals surface area contributed by atoms with Gasteiger partial charge in [-0.25, -0.2) is 5.48 Å². The maximum Gasteiger partial charge on any atom is 0.192 e. The summed E-state index contributed by atoms with van der Waals surface area (Å²) in [6.07, 6.45) is 7.85. The number of hydrogen-bond donors (Lipinski definition) is 3. The van der Waals surface area contributed by atoms with Crippen molar-refractivity contribution in [2.75, 3.05) is 13.2 Å². The fourth-order valence-corrected chi connectivity index (χ4v) is 7.79. The molecule has 0 amide bonds. The lowest BCUT2D eigenvalue weighted by atomic mass is 9.47. The van der Waals surface area contributed by atoms with E-state index in [1.165, 1.54) is 0 Å². The molecule has 0 aromatic carbocycles. The van der Waals surface area contributed by atoms with Crippen LogP contribution in [0.15, 0.2) is 23.8 Å². The maximum absolute atomic E-state index is 12.9. The number of hydroxylamine groups is 1. The summed E-state index contributed by atoms with van der Waals surface area (Å²) in [6, 6.07) is 0. The van der Waals surface area contributed by atoms with Gasteiger partial charge in [0.25, 0.3) is 0 Å². The van der Waals surface area contributed by atoms with E-state index >= 15 is 0 Å². The van der Waals surface area contributed by atoms with Crippen molar-refractivity contribution in [2.45, 2.75) is 51.2 Å². The van der Waals surface area contributed by atoms with Crippen LogP contribution in [0.2, 0.25) is 0 Å². The first-order chi connectivity index (χ1) is 13.3. The van der Waals surface area contributed by atoms with Crippen LogP contribution in [0.25, 0.3) is 0 Å². The molecule has 0 spiro atoms. The lowest BCUT2D eigenvalue weighted by Crippen LogP contribution is -2.62. The Hall–Kier alpha value is -1.34. The number of allylic oxidation sites excluding steroid dienone is 4. The zero-order chi connectivity index (χ0) is 19.9. The molecule has 3 N–H and O–H groups in total. The van der Waals surface area contributed by atoms with Gasteiger partial charge in [-0.05, 0) is 37.2 Å². The Kier molecular flexibility index (Phi) is 3.90. The summed E-state index contributed by atoms with van der Waals surface area (Å²) in [6.45, 7) is 4.27. The van der Waals surface area contributed by atoms with Crippen molar-refractivity contribution in [3.63, 3.8) is 0 Å². The topological polar surface area (TPSA) is 95.9 Å². The van der Waals surface area contributed by atoms with Gasteiger partial charge in [0.1, 0.15) is 6.61 Å². The summed E-state index contributed by atoms with van der Waals surface area (Å²) < 4.78 is 0. The van der Waals surface area contributed by atoms with Crippen LogP contribution in [0.3, 0.4) is 0 Å². The summed E-state index contributed by atoms with van der Waals surface area (Å²) in [5.41, 5.74) is 2.12. The normalized spacial score (nSPS) is 51.8. The molecule has 0 unspecified atom stereocenters. The molecule has 0 aromatic rings. The Morgan fingerprint density at radius 1 is 1.39 bits per heavy atom. The van der Waals surface area contributed by atoms with Crippen LogP contribution in [0.4, 0.5) is 0 Å². The van der Waals surface area contributed by atoms with Crippen molar-refractivity contribution >= 4 is 11.6 Å². The van der Waals surface area contributed by atoms with Gasteiger partial charge in [0.2, 0.25) is 0 Å². The minimum Gasteiger partial charge on any atom is -0.393 e. The second-order valence-corrected chi connectivity index (χ2v) is 9.91. The Morgan fingerprint density at radius 3 is 2.93 bits per heavy atom. The number of fused-ring (bicyclic) bond motifs is 7. The molecule has 152 valence electrons. The van der Waals surface area contributed by atoms with Crippen LogP contribution >= 0.6 is 0 Å². The first kappa shape index (κ1) is 18.7. The quantitative estimate of drug-likeness (QED) is 0.619. The zero-order valence-electron chi connectivity index (χ0n) is 16.5. The predicted molar refractivity (Wildman–Crippen MR) is 101 cm³/mol. The molecule has 2 saturated carbocycles. The van der Waals surface area contributed by atoms with E-state index < -0.39 is 23.7 Å². The number of carbonyl (C=O) groups is 2. The number of aliphatic hydroxyl groups is 2. The Morgan fingerprint density at radius 2 is 2.18 bits per heavy atom. The van der Waals surface area contributed by atoms with E-state index in [1.54, 1.807) is 6.08 Å². The second-order valence-electron chi connectivity index (χ2n) is 9.91. The van der Waals surface area contributed by atoms with E-state index in [-0.39, 0.29) is 40.7 Å². The van der Waals surface area contributed by atoms with E-state index in [4.69, 9.17) is 4.84 Å². The molecule has 1 aliphatic heterocycles. The summed E-state index contributed by atoms with van der Waals surface area (Å²) in [7, 11) is 0. The van der Waals surface area contributed by atoms with Crippen LogP contribution in [0.1, 0.15) is 39.5 Å². The zero-order valence-corrected chi connectivity index (χ0v) is 16.5. The van der Waals surface area contributed by atoms with Crippen LogP contribution in [0, 0.1) is 34.5 Å². The minimum absolute atomic E-state index is 0.00904. The molecule has 5 rings (SSSR count). The highest BCUT2D eigenvalue weighted by Gasteiger charge is 2.74. The predicted octanol–water partition coefficient (Wildman–Crippen LogP) is 1.33. The van der Waals surface area contributed by atoms with Gasteiger partial charge in [0.05, 0.1) is 6.10 Å². The molecule has 4 aliphatic carbocycles. The minimum atomic E-state index is -1.07. The first-order valence-electron chi connectivity index (χ1n) is 10.4. The molecule has 0 aromatic heterocycles. The largest absolute Gasteiger partial charge is 0.393 e. The molecule has 3 fully saturated rings. The van der Waals surface area contributed by atoms with E-state index in [2.05, 4.69) is 25.4 Å². The van der Waals surface area contributed by atoms with Crippen molar-refractivity contribution in [2.24, 2.45) is 34.5 Å². The Balaban J connectivity index is 1.60. The molecule has 0 radical (unpaired) electrons. The Bertz CT molecular complexity index is 805. The van der Waals surface area contributed by atoms with E-state index in [9.17, 15) is 19.8 Å². The highest BCUT2D eigenvalue weighted by Crippen LogP contribution is 2.69. The average molecular weight is 387 g/mol. The van der Waals surface area contributed by atoms with Gasteiger partial charge in [-0.1, -0.05) is 31.6 Å². The fourth-order valence-electron chi connectivity index (χ4n) is 7.79. The number of hydrogen-bond acceptors (Lipinski definition) is 6. The number of nitrogens with one attached hydrogen (secondary N) is 1. The van der Waals surface area contributed by atoms with Crippen LogP contribution in [-0.2, 0) is 14.4 Å². The summed E-state index contributed by atoms with van der Waals surface area (Å²) in [4.78, 5) is 30.8. The highest BCUT2D eigenvalue weighted by molar-refractivity contribution is 5.93.